The van der Waals surface area contributed by atoms with Crippen LogP contribution >= 0.6 is 0 Å². The summed E-state index contributed by atoms with van der Waals surface area (Å²) < 4.78 is 18.9. The number of hydrogen-bond acceptors (Lipinski definition) is 8. The van der Waals surface area contributed by atoms with E-state index in [0.29, 0.717) is 0 Å². The highest BCUT2D eigenvalue weighted by atomic mass is 16.6. The summed E-state index contributed by atoms with van der Waals surface area (Å²) in [6, 6.07) is 0. The van der Waals surface area contributed by atoms with Crippen molar-refractivity contribution < 1.29 is 38.1 Å². The SMILES string of the molecule is COC(=O)[C@H](OC(C)=O)[C@@H](OC(C)=O)C(=O)OC(C)(C)C. The van der Waals surface area contributed by atoms with E-state index in [0.717, 1.165) is 21.0 Å². The van der Waals surface area contributed by atoms with E-state index < -0.39 is 41.7 Å². The molecule has 0 aromatic rings. The lowest BCUT2D eigenvalue weighted by Crippen LogP contribution is -2.48. The van der Waals surface area contributed by atoms with Crippen molar-refractivity contribution in [2.24, 2.45) is 0 Å². The van der Waals surface area contributed by atoms with Crippen molar-refractivity contribution in [3.05, 3.63) is 0 Å². The molecule has 0 amide bonds. The first-order chi connectivity index (χ1) is 9.47. The first-order valence-corrected chi connectivity index (χ1v) is 6.13. The Hall–Kier alpha value is -2.12. The van der Waals surface area contributed by atoms with Crippen molar-refractivity contribution in [3.63, 3.8) is 0 Å². The van der Waals surface area contributed by atoms with Gasteiger partial charge in [-0.3, -0.25) is 9.59 Å². The van der Waals surface area contributed by atoms with E-state index in [1.165, 1.54) is 0 Å². The summed E-state index contributed by atoms with van der Waals surface area (Å²) >= 11 is 0. The van der Waals surface area contributed by atoms with E-state index in [2.05, 4.69) is 4.74 Å². The van der Waals surface area contributed by atoms with Crippen LogP contribution < -0.4 is 0 Å². The van der Waals surface area contributed by atoms with Gasteiger partial charge in [0, 0.05) is 13.8 Å². The topological polar surface area (TPSA) is 105 Å². The molecule has 2 atom stereocenters. The van der Waals surface area contributed by atoms with Gasteiger partial charge in [-0.15, -0.1) is 0 Å². The van der Waals surface area contributed by atoms with Gasteiger partial charge in [-0.25, -0.2) is 9.59 Å². The number of carbonyl (C=O) groups is 4. The van der Waals surface area contributed by atoms with Crippen LogP contribution in [-0.2, 0) is 38.1 Å². The predicted octanol–water partition coefficient (Wildman–Crippen LogP) is 0.364. The summed E-state index contributed by atoms with van der Waals surface area (Å²) in [5.74, 6) is -3.74. The molecule has 0 saturated heterocycles. The van der Waals surface area contributed by atoms with Crippen LogP contribution in [0.5, 0.6) is 0 Å². The molecule has 8 nitrogen and oxygen atoms in total. The van der Waals surface area contributed by atoms with Crippen LogP contribution in [0.4, 0.5) is 0 Å². The Kier molecular flexibility index (Phi) is 6.84. The lowest BCUT2D eigenvalue weighted by atomic mass is 10.1. The highest BCUT2D eigenvalue weighted by molar-refractivity contribution is 5.89. The summed E-state index contributed by atoms with van der Waals surface area (Å²) in [5, 5.41) is 0. The number of rotatable bonds is 5. The van der Waals surface area contributed by atoms with Crippen molar-refractivity contribution in [2.45, 2.75) is 52.4 Å². The Morgan fingerprint density at radius 1 is 0.810 bits per heavy atom. The molecule has 0 heterocycles. The van der Waals surface area contributed by atoms with Crippen molar-refractivity contribution in [3.8, 4) is 0 Å². The number of hydrogen-bond donors (Lipinski definition) is 0. The van der Waals surface area contributed by atoms with Gasteiger partial charge in [-0.2, -0.15) is 0 Å². The maximum absolute atomic E-state index is 12.0. The highest BCUT2D eigenvalue weighted by Crippen LogP contribution is 2.15. The van der Waals surface area contributed by atoms with Gasteiger partial charge in [0.25, 0.3) is 0 Å². The third kappa shape index (κ3) is 7.28. The molecular formula is C13H20O8. The fraction of sp³-hybridized carbons (Fsp3) is 0.692. The van der Waals surface area contributed by atoms with E-state index in [4.69, 9.17) is 14.2 Å². The molecule has 0 fully saturated rings. The molecule has 0 unspecified atom stereocenters. The first-order valence-electron chi connectivity index (χ1n) is 6.13. The summed E-state index contributed by atoms with van der Waals surface area (Å²) in [6.45, 7) is 6.85. The van der Waals surface area contributed by atoms with Gasteiger partial charge in [0.1, 0.15) is 5.60 Å². The molecule has 0 spiro atoms. The van der Waals surface area contributed by atoms with Gasteiger partial charge >= 0.3 is 23.9 Å². The molecule has 0 N–H and O–H groups in total. The molecule has 0 aliphatic heterocycles. The molecule has 0 bridgehead atoms. The fourth-order valence-corrected chi connectivity index (χ4v) is 1.30. The molecule has 120 valence electrons. The quantitative estimate of drug-likeness (QED) is 0.529. The number of ether oxygens (including phenoxy) is 4. The third-order valence-corrected chi connectivity index (χ3v) is 1.93. The first kappa shape index (κ1) is 18.9. The summed E-state index contributed by atoms with van der Waals surface area (Å²) in [7, 11) is 1.04. The normalized spacial score (nSPS) is 13.6. The van der Waals surface area contributed by atoms with Crippen LogP contribution in [0.3, 0.4) is 0 Å². The Balaban J connectivity index is 5.40. The summed E-state index contributed by atoms with van der Waals surface area (Å²) in [6.07, 6.45) is -3.47. The third-order valence-electron chi connectivity index (χ3n) is 1.93. The summed E-state index contributed by atoms with van der Waals surface area (Å²) in [4.78, 5) is 45.8. The van der Waals surface area contributed by atoms with E-state index in [-0.39, 0.29) is 0 Å². The summed E-state index contributed by atoms with van der Waals surface area (Å²) in [5.41, 5.74) is -0.883. The Morgan fingerprint density at radius 3 is 1.48 bits per heavy atom. The zero-order chi connectivity index (χ0) is 16.8. The van der Waals surface area contributed by atoms with Gasteiger partial charge in [0.05, 0.1) is 7.11 Å². The average molecular weight is 304 g/mol. The van der Waals surface area contributed by atoms with Gasteiger partial charge in [0.2, 0.25) is 12.2 Å². The minimum Gasteiger partial charge on any atom is -0.466 e. The average Bonchev–Trinajstić information content (AvgIpc) is 2.29. The van der Waals surface area contributed by atoms with Crippen LogP contribution in [0.1, 0.15) is 34.6 Å². The molecular weight excluding hydrogens is 284 g/mol. The minimum atomic E-state index is -1.74. The smallest absolute Gasteiger partial charge is 0.352 e. The zero-order valence-corrected chi connectivity index (χ0v) is 12.9. The molecule has 21 heavy (non-hydrogen) atoms. The molecule has 0 aromatic heterocycles. The number of methoxy groups -OCH3 is 1. The molecule has 0 rings (SSSR count). The largest absolute Gasteiger partial charge is 0.466 e. The van der Waals surface area contributed by atoms with Crippen LogP contribution in [0.25, 0.3) is 0 Å². The minimum absolute atomic E-state index is 0.841. The van der Waals surface area contributed by atoms with Crippen LogP contribution in [0, 0.1) is 0 Å². The second-order valence-corrected chi connectivity index (χ2v) is 5.12. The van der Waals surface area contributed by atoms with E-state index in [1.54, 1.807) is 20.8 Å². The molecule has 0 radical (unpaired) electrons. The lowest BCUT2D eigenvalue weighted by Gasteiger charge is -2.26. The molecule has 8 heteroatoms. The molecule has 0 saturated carbocycles. The molecule has 0 aromatic carbocycles. The van der Waals surface area contributed by atoms with Gasteiger partial charge in [-0.05, 0) is 20.8 Å². The maximum Gasteiger partial charge on any atom is 0.352 e. The second-order valence-electron chi connectivity index (χ2n) is 5.12. The van der Waals surface area contributed by atoms with Crippen molar-refractivity contribution >= 4 is 23.9 Å². The lowest BCUT2D eigenvalue weighted by molar-refractivity contribution is -0.194. The zero-order valence-electron chi connectivity index (χ0n) is 12.9. The fourth-order valence-electron chi connectivity index (χ4n) is 1.30. The van der Waals surface area contributed by atoms with Crippen LogP contribution in [-0.4, -0.2) is 48.8 Å². The van der Waals surface area contributed by atoms with Crippen LogP contribution in [0.2, 0.25) is 0 Å². The highest BCUT2D eigenvalue weighted by Gasteiger charge is 2.42. The van der Waals surface area contributed by atoms with Gasteiger partial charge in [0.15, 0.2) is 0 Å². The number of esters is 4. The standard InChI is InChI=1S/C13H20O8/c1-7(14)19-9(11(16)18-6)10(20-8(2)15)12(17)21-13(3,4)5/h9-10H,1-6H3/t9-,10-/m1/s1. The number of carbonyl (C=O) groups excluding carboxylic acids is 4. The maximum atomic E-state index is 12.0. The second kappa shape index (κ2) is 7.61. The van der Waals surface area contributed by atoms with Gasteiger partial charge in [-0.1, -0.05) is 0 Å². The predicted molar refractivity (Wildman–Crippen MR) is 69.0 cm³/mol. The Labute approximate surface area is 122 Å². The Bertz CT molecular complexity index is 420. The van der Waals surface area contributed by atoms with Crippen LogP contribution in [0.15, 0.2) is 0 Å². The van der Waals surface area contributed by atoms with Crippen molar-refractivity contribution in [1.82, 2.24) is 0 Å². The van der Waals surface area contributed by atoms with E-state index >= 15 is 0 Å². The molecule has 0 aliphatic carbocycles. The van der Waals surface area contributed by atoms with E-state index in [1.807, 2.05) is 0 Å². The van der Waals surface area contributed by atoms with Gasteiger partial charge < -0.3 is 18.9 Å². The van der Waals surface area contributed by atoms with E-state index in [9.17, 15) is 19.2 Å². The molecule has 0 aliphatic rings. The van der Waals surface area contributed by atoms with Crippen molar-refractivity contribution in [1.29, 1.82) is 0 Å². The monoisotopic (exact) mass is 304 g/mol. The Morgan fingerprint density at radius 2 is 1.19 bits per heavy atom. The van der Waals surface area contributed by atoms with Crippen molar-refractivity contribution in [2.75, 3.05) is 7.11 Å².